The molecule has 0 unspecified atom stereocenters. The summed E-state index contributed by atoms with van der Waals surface area (Å²) in [6.45, 7) is 5.94. The van der Waals surface area contributed by atoms with Crippen molar-refractivity contribution >= 4 is 0 Å². The Morgan fingerprint density at radius 1 is 1.32 bits per heavy atom. The number of pyridine rings is 2. The first-order valence-electron chi connectivity index (χ1n) is 6.46. The number of rotatable bonds is 4. The molecule has 0 amide bonds. The van der Waals surface area contributed by atoms with Crippen LogP contribution in [0, 0.1) is 6.92 Å². The van der Waals surface area contributed by atoms with E-state index in [4.69, 9.17) is 10.5 Å². The highest BCUT2D eigenvalue weighted by molar-refractivity contribution is 5.36. The Morgan fingerprint density at radius 3 is 2.79 bits per heavy atom. The van der Waals surface area contributed by atoms with E-state index >= 15 is 0 Å². The van der Waals surface area contributed by atoms with Crippen LogP contribution in [0.15, 0.2) is 30.5 Å². The molecule has 2 heterocycles. The van der Waals surface area contributed by atoms with Gasteiger partial charge >= 0.3 is 0 Å². The minimum absolute atomic E-state index is 0.118. The van der Waals surface area contributed by atoms with Crippen LogP contribution < -0.4 is 10.5 Å². The second-order valence-electron chi connectivity index (χ2n) is 4.54. The molecule has 0 aliphatic rings. The SMILES string of the molecule is CCc1nc(C)ccc1Oc1ncccc1[C@H](C)N. The largest absolute Gasteiger partial charge is 0.437 e. The first kappa shape index (κ1) is 13.5. The first-order chi connectivity index (χ1) is 9.11. The van der Waals surface area contributed by atoms with Crippen molar-refractivity contribution in [3.8, 4) is 11.6 Å². The van der Waals surface area contributed by atoms with Gasteiger partial charge in [-0.25, -0.2) is 4.98 Å². The van der Waals surface area contributed by atoms with E-state index in [1.54, 1.807) is 6.20 Å². The molecule has 0 bridgehead atoms. The molecular weight excluding hydrogens is 238 g/mol. The van der Waals surface area contributed by atoms with Crippen molar-refractivity contribution in [1.29, 1.82) is 0 Å². The third kappa shape index (κ3) is 3.09. The van der Waals surface area contributed by atoms with Gasteiger partial charge in [-0.2, -0.15) is 0 Å². The normalized spacial score (nSPS) is 12.2. The summed E-state index contributed by atoms with van der Waals surface area (Å²) in [6, 6.07) is 7.54. The molecule has 100 valence electrons. The number of nitrogens with zero attached hydrogens (tertiary/aromatic N) is 2. The molecule has 4 nitrogen and oxygen atoms in total. The number of aromatic nitrogens is 2. The van der Waals surface area contributed by atoms with Gasteiger partial charge in [0, 0.05) is 23.5 Å². The molecule has 0 radical (unpaired) electrons. The number of nitrogens with two attached hydrogens (primary N) is 1. The predicted molar refractivity (Wildman–Crippen MR) is 75.3 cm³/mol. The highest BCUT2D eigenvalue weighted by Gasteiger charge is 2.12. The van der Waals surface area contributed by atoms with E-state index in [9.17, 15) is 0 Å². The predicted octanol–water partition coefficient (Wildman–Crippen LogP) is 3.16. The highest BCUT2D eigenvalue weighted by atomic mass is 16.5. The fraction of sp³-hybridized carbons (Fsp3) is 0.333. The maximum Gasteiger partial charge on any atom is 0.224 e. The summed E-state index contributed by atoms with van der Waals surface area (Å²) in [7, 11) is 0. The zero-order valence-corrected chi connectivity index (χ0v) is 11.6. The summed E-state index contributed by atoms with van der Waals surface area (Å²) in [5.41, 5.74) is 8.74. The second-order valence-corrected chi connectivity index (χ2v) is 4.54. The van der Waals surface area contributed by atoms with Gasteiger partial charge in [0.15, 0.2) is 5.75 Å². The molecule has 2 aromatic heterocycles. The Labute approximate surface area is 113 Å². The molecule has 0 saturated heterocycles. The molecule has 4 heteroatoms. The maximum absolute atomic E-state index is 5.93. The molecule has 2 N–H and O–H groups in total. The van der Waals surface area contributed by atoms with Gasteiger partial charge in [0.25, 0.3) is 0 Å². The lowest BCUT2D eigenvalue weighted by atomic mass is 10.1. The van der Waals surface area contributed by atoms with Crippen LogP contribution in [0.25, 0.3) is 0 Å². The zero-order valence-electron chi connectivity index (χ0n) is 11.6. The van der Waals surface area contributed by atoms with Gasteiger partial charge in [0.05, 0.1) is 5.69 Å². The molecule has 2 aromatic rings. The summed E-state index contributed by atoms with van der Waals surface area (Å²) < 4.78 is 5.89. The Morgan fingerprint density at radius 2 is 2.11 bits per heavy atom. The monoisotopic (exact) mass is 257 g/mol. The Balaban J connectivity index is 2.36. The van der Waals surface area contributed by atoms with Crippen LogP contribution in [0.5, 0.6) is 11.6 Å². The van der Waals surface area contributed by atoms with Crippen LogP contribution in [-0.4, -0.2) is 9.97 Å². The van der Waals surface area contributed by atoms with Crippen molar-refractivity contribution in [3.63, 3.8) is 0 Å². The van der Waals surface area contributed by atoms with E-state index < -0.39 is 0 Å². The summed E-state index contributed by atoms with van der Waals surface area (Å²) in [6.07, 6.45) is 2.52. The molecule has 0 aliphatic heterocycles. The van der Waals surface area contributed by atoms with E-state index in [2.05, 4.69) is 16.9 Å². The summed E-state index contributed by atoms with van der Waals surface area (Å²) in [5, 5.41) is 0. The van der Waals surface area contributed by atoms with Gasteiger partial charge in [0.2, 0.25) is 5.88 Å². The molecule has 19 heavy (non-hydrogen) atoms. The topological polar surface area (TPSA) is 61.0 Å². The second kappa shape index (κ2) is 5.80. The van der Waals surface area contributed by atoms with Crippen molar-refractivity contribution in [3.05, 3.63) is 47.4 Å². The van der Waals surface area contributed by atoms with E-state index in [1.165, 1.54) is 0 Å². The Bertz CT molecular complexity index is 567. The lowest BCUT2D eigenvalue weighted by Gasteiger charge is -2.14. The highest BCUT2D eigenvalue weighted by Crippen LogP contribution is 2.28. The fourth-order valence-corrected chi connectivity index (χ4v) is 1.88. The molecule has 0 aliphatic carbocycles. The summed E-state index contributed by atoms with van der Waals surface area (Å²) >= 11 is 0. The lowest BCUT2D eigenvalue weighted by molar-refractivity contribution is 0.444. The van der Waals surface area contributed by atoms with Gasteiger partial charge in [-0.05, 0) is 38.5 Å². The molecule has 0 saturated carbocycles. The third-order valence-corrected chi connectivity index (χ3v) is 2.90. The van der Waals surface area contributed by atoms with E-state index in [1.807, 2.05) is 38.1 Å². The standard InChI is InChI=1S/C15H19N3O/c1-4-13-14(8-7-10(2)18-13)19-15-12(11(3)16)6-5-9-17-15/h5-9,11H,4,16H2,1-3H3/t11-/m0/s1. The number of hydrogen-bond donors (Lipinski definition) is 1. The zero-order chi connectivity index (χ0) is 13.8. The van der Waals surface area contributed by atoms with Crippen LogP contribution in [-0.2, 0) is 6.42 Å². The maximum atomic E-state index is 5.93. The van der Waals surface area contributed by atoms with Gasteiger partial charge in [-0.3, -0.25) is 4.98 Å². The van der Waals surface area contributed by atoms with Gasteiger partial charge in [-0.1, -0.05) is 13.0 Å². The lowest BCUT2D eigenvalue weighted by Crippen LogP contribution is -2.08. The average molecular weight is 257 g/mol. The van der Waals surface area contributed by atoms with Crippen molar-refractivity contribution < 1.29 is 4.74 Å². The van der Waals surface area contributed by atoms with Crippen molar-refractivity contribution in [2.75, 3.05) is 0 Å². The Hall–Kier alpha value is -1.94. The van der Waals surface area contributed by atoms with E-state index in [0.717, 1.165) is 29.1 Å². The summed E-state index contributed by atoms with van der Waals surface area (Å²) in [4.78, 5) is 8.74. The first-order valence-corrected chi connectivity index (χ1v) is 6.46. The number of aryl methyl sites for hydroxylation is 2. The quantitative estimate of drug-likeness (QED) is 0.914. The van der Waals surface area contributed by atoms with Crippen LogP contribution in [0.1, 0.15) is 36.8 Å². The van der Waals surface area contributed by atoms with Crippen LogP contribution in [0.2, 0.25) is 0 Å². The molecular formula is C15H19N3O. The van der Waals surface area contributed by atoms with Crippen molar-refractivity contribution in [2.45, 2.75) is 33.2 Å². The van der Waals surface area contributed by atoms with Crippen LogP contribution in [0.4, 0.5) is 0 Å². The van der Waals surface area contributed by atoms with Crippen LogP contribution >= 0.6 is 0 Å². The van der Waals surface area contributed by atoms with Crippen molar-refractivity contribution in [1.82, 2.24) is 9.97 Å². The smallest absolute Gasteiger partial charge is 0.224 e. The average Bonchev–Trinajstić information content (AvgIpc) is 2.41. The fourth-order valence-electron chi connectivity index (χ4n) is 1.88. The van der Waals surface area contributed by atoms with Gasteiger partial charge in [0.1, 0.15) is 0 Å². The van der Waals surface area contributed by atoms with Gasteiger partial charge < -0.3 is 10.5 Å². The number of hydrogen-bond acceptors (Lipinski definition) is 4. The van der Waals surface area contributed by atoms with E-state index in [-0.39, 0.29) is 6.04 Å². The minimum atomic E-state index is -0.118. The molecule has 1 atom stereocenters. The molecule has 0 spiro atoms. The molecule has 0 aromatic carbocycles. The number of ether oxygens (including phenoxy) is 1. The molecule has 2 rings (SSSR count). The summed E-state index contributed by atoms with van der Waals surface area (Å²) in [5.74, 6) is 1.30. The Kier molecular flexibility index (Phi) is 4.12. The molecule has 0 fully saturated rings. The third-order valence-electron chi connectivity index (χ3n) is 2.90. The van der Waals surface area contributed by atoms with Crippen LogP contribution in [0.3, 0.4) is 0 Å². The van der Waals surface area contributed by atoms with Gasteiger partial charge in [-0.15, -0.1) is 0 Å². The minimum Gasteiger partial charge on any atom is -0.437 e. The van der Waals surface area contributed by atoms with Crippen molar-refractivity contribution in [2.24, 2.45) is 5.73 Å². The van der Waals surface area contributed by atoms with E-state index in [0.29, 0.717) is 5.88 Å².